The van der Waals surface area contributed by atoms with E-state index < -0.39 is 0 Å². The average molecular weight is 294 g/mol. The summed E-state index contributed by atoms with van der Waals surface area (Å²) in [7, 11) is 5.83. The number of aromatic nitrogens is 2. The normalized spacial score (nSPS) is 17.6. The SMILES string of the molecule is COc1cnn(CCN(C)C)c1C(N)CCC1CCCC1. The molecule has 1 atom stereocenters. The first-order valence-corrected chi connectivity index (χ1v) is 8.11. The summed E-state index contributed by atoms with van der Waals surface area (Å²) in [4.78, 5) is 2.15. The summed E-state index contributed by atoms with van der Waals surface area (Å²) in [5, 5.41) is 4.44. The number of methoxy groups -OCH3 is 1. The van der Waals surface area contributed by atoms with E-state index in [0.717, 1.165) is 36.9 Å². The highest BCUT2D eigenvalue weighted by Crippen LogP contribution is 2.32. The third-order valence-corrected chi connectivity index (χ3v) is 4.54. The van der Waals surface area contributed by atoms with Crippen LogP contribution in [0.25, 0.3) is 0 Å². The molecule has 1 fully saturated rings. The van der Waals surface area contributed by atoms with Crippen molar-refractivity contribution in [2.45, 2.75) is 51.1 Å². The van der Waals surface area contributed by atoms with Crippen LogP contribution in [0.5, 0.6) is 5.75 Å². The molecule has 5 nitrogen and oxygen atoms in total. The van der Waals surface area contributed by atoms with E-state index in [1.165, 1.54) is 32.1 Å². The quantitative estimate of drug-likeness (QED) is 0.800. The Hall–Kier alpha value is -1.07. The van der Waals surface area contributed by atoms with Gasteiger partial charge in [0, 0.05) is 6.54 Å². The van der Waals surface area contributed by atoms with Crippen molar-refractivity contribution in [1.29, 1.82) is 0 Å². The minimum absolute atomic E-state index is 0.0187. The van der Waals surface area contributed by atoms with Crippen LogP contribution in [0.4, 0.5) is 0 Å². The Morgan fingerprint density at radius 3 is 2.76 bits per heavy atom. The second-order valence-electron chi connectivity index (χ2n) is 6.46. The number of nitrogens with zero attached hydrogens (tertiary/aromatic N) is 3. The number of nitrogens with two attached hydrogens (primary N) is 1. The Morgan fingerprint density at radius 2 is 2.14 bits per heavy atom. The van der Waals surface area contributed by atoms with Crippen LogP contribution in [0.15, 0.2) is 6.20 Å². The van der Waals surface area contributed by atoms with Crippen LogP contribution >= 0.6 is 0 Å². The highest BCUT2D eigenvalue weighted by Gasteiger charge is 2.21. The molecule has 2 rings (SSSR count). The summed E-state index contributed by atoms with van der Waals surface area (Å²) in [5.74, 6) is 1.70. The van der Waals surface area contributed by atoms with Crippen molar-refractivity contribution in [2.75, 3.05) is 27.7 Å². The fourth-order valence-corrected chi connectivity index (χ4v) is 3.23. The Kier molecular flexibility index (Phi) is 6.06. The van der Waals surface area contributed by atoms with Crippen LogP contribution in [0, 0.1) is 5.92 Å². The van der Waals surface area contributed by atoms with Gasteiger partial charge in [0.15, 0.2) is 5.75 Å². The molecule has 1 heterocycles. The molecule has 5 heteroatoms. The maximum Gasteiger partial charge on any atom is 0.161 e. The third-order valence-electron chi connectivity index (χ3n) is 4.54. The molecule has 1 aromatic heterocycles. The number of ether oxygens (including phenoxy) is 1. The molecule has 1 saturated carbocycles. The Morgan fingerprint density at radius 1 is 1.43 bits per heavy atom. The van der Waals surface area contributed by atoms with E-state index >= 15 is 0 Å². The summed E-state index contributed by atoms with van der Waals surface area (Å²) in [6, 6.07) is 0.0187. The number of likely N-dealkylation sites (N-methyl/N-ethyl adjacent to an activating group) is 1. The molecule has 1 aromatic rings. The van der Waals surface area contributed by atoms with Gasteiger partial charge in [-0.15, -0.1) is 0 Å². The zero-order valence-corrected chi connectivity index (χ0v) is 13.7. The minimum Gasteiger partial charge on any atom is -0.493 e. The van der Waals surface area contributed by atoms with Gasteiger partial charge in [-0.05, 0) is 32.9 Å². The molecule has 0 aliphatic heterocycles. The Labute approximate surface area is 128 Å². The van der Waals surface area contributed by atoms with Gasteiger partial charge in [-0.25, -0.2) is 0 Å². The van der Waals surface area contributed by atoms with Crippen LogP contribution in [-0.2, 0) is 6.54 Å². The maximum atomic E-state index is 6.45. The minimum atomic E-state index is 0.0187. The topological polar surface area (TPSA) is 56.3 Å². The van der Waals surface area contributed by atoms with E-state index in [1.807, 2.05) is 4.68 Å². The molecule has 0 radical (unpaired) electrons. The van der Waals surface area contributed by atoms with Gasteiger partial charge in [0.1, 0.15) is 0 Å². The highest BCUT2D eigenvalue weighted by molar-refractivity contribution is 5.28. The molecular weight excluding hydrogens is 264 g/mol. The van der Waals surface area contributed by atoms with Crippen molar-refractivity contribution in [1.82, 2.24) is 14.7 Å². The predicted octanol–water partition coefficient (Wildman–Crippen LogP) is 2.42. The van der Waals surface area contributed by atoms with Gasteiger partial charge >= 0.3 is 0 Å². The number of hydrogen-bond acceptors (Lipinski definition) is 4. The third kappa shape index (κ3) is 4.45. The monoisotopic (exact) mass is 294 g/mol. The molecule has 0 amide bonds. The van der Waals surface area contributed by atoms with E-state index in [-0.39, 0.29) is 6.04 Å². The van der Waals surface area contributed by atoms with E-state index in [9.17, 15) is 0 Å². The first kappa shape index (κ1) is 16.3. The van der Waals surface area contributed by atoms with E-state index in [1.54, 1.807) is 13.3 Å². The summed E-state index contributed by atoms with van der Waals surface area (Å²) in [5.41, 5.74) is 7.50. The van der Waals surface area contributed by atoms with Gasteiger partial charge in [-0.1, -0.05) is 25.7 Å². The van der Waals surface area contributed by atoms with Gasteiger partial charge in [-0.2, -0.15) is 5.10 Å². The van der Waals surface area contributed by atoms with Crippen molar-refractivity contribution >= 4 is 0 Å². The fraction of sp³-hybridized carbons (Fsp3) is 0.812. The molecule has 1 aliphatic carbocycles. The summed E-state index contributed by atoms with van der Waals surface area (Å²) in [6.45, 7) is 1.80. The number of rotatable bonds is 8. The van der Waals surface area contributed by atoms with Crippen molar-refractivity contribution < 1.29 is 4.74 Å². The second kappa shape index (κ2) is 7.80. The lowest BCUT2D eigenvalue weighted by Gasteiger charge is -2.18. The van der Waals surface area contributed by atoms with Crippen LogP contribution in [0.1, 0.15) is 50.3 Å². The molecular formula is C16H30N4O. The lowest BCUT2D eigenvalue weighted by molar-refractivity contribution is 0.355. The van der Waals surface area contributed by atoms with Gasteiger partial charge in [0.25, 0.3) is 0 Å². The molecule has 1 aliphatic rings. The summed E-state index contributed by atoms with van der Waals surface area (Å²) in [6.07, 6.45) is 9.58. The lowest BCUT2D eigenvalue weighted by atomic mass is 9.97. The van der Waals surface area contributed by atoms with Crippen LogP contribution in [0.2, 0.25) is 0 Å². The first-order chi connectivity index (χ1) is 10.1. The molecule has 120 valence electrons. The maximum absolute atomic E-state index is 6.45. The van der Waals surface area contributed by atoms with Crippen molar-refractivity contribution in [3.8, 4) is 5.75 Å². The Bertz CT molecular complexity index is 424. The molecule has 0 aromatic carbocycles. The largest absolute Gasteiger partial charge is 0.493 e. The van der Waals surface area contributed by atoms with E-state index in [4.69, 9.17) is 10.5 Å². The Balaban J connectivity index is 1.98. The zero-order chi connectivity index (χ0) is 15.2. The predicted molar refractivity (Wildman–Crippen MR) is 85.5 cm³/mol. The van der Waals surface area contributed by atoms with Crippen LogP contribution in [0.3, 0.4) is 0 Å². The molecule has 2 N–H and O–H groups in total. The lowest BCUT2D eigenvalue weighted by Crippen LogP contribution is -2.23. The van der Waals surface area contributed by atoms with Gasteiger partial charge in [0.05, 0.1) is 31.6 Å². The van der Waals surface area contributed by atoms with Crippen molar-refractivity contribution in [2.24, 2.45) is 11.7 Å². The average Bonchev–Trinajstić information content (AvgIpc) is 3.11. The van der Waals surface area contributed by atoms with Crippen molar-refractivity contribution in [3.05, 3.63) is 11.9 Å². The second-order valence-corrected chi connectivity index (χ2v) is 6.46. The fourth-order valence-electron chi connectivity index (χ4n) is 3.23. The van der Waals surface area contributed by atoms with Crippen molar-refractivity contribution in [3.63, 3.8) is 0 Å². The molecule has 21 heavy (non-hydrogen) atoms. The standard InChI is InChI=1S/C16H30N4O/c1-19(2)10-11-20-16(15(21-3)12-18-20)14(17)9-8-13-6-4-5-7-13/h12-14H,4-11,17H2,1-3H3. The smallest absolute Gasteiger partial charge is 0.161 e. The molecule has 0 spiro atoms. The van der Waals surface area contributed by atoms with Gasteiger partial charge < -0.3 is 15.4 Å². The van der Waals surface area contributed by atoms with Gasteiger partial charge in [0.2, 0.25) is 0 Å². The molecule has 1 unspecified atom stereocenters. The highest BCUT2D eigenvalue weighted by atomic mass is 16.5. The number of hydrogen-bond donors (Lipinski definition) is 1. The first-order valence-electron chi connectivity index (χ1n) is 8.11. The molecule has 0 saturated heterocycles. The van der Waals surface area contributed by atoms with Crippen LogP contribution < -0.4 is 10.5 Å². The van der Waals surface area contributed by atoms with Gasteiger partial charge in [-0.3, -0.25) is 4.68 Å². The molecule has 0 bridgehead atoms. The van der Waals surface area contributed by atoms with E-state index in [2.05, 4.69) is 24.1 Å². The summed E-state index contributed by atoms with van der Waals surface area (Å²) >= 11 is 0. The van der Waals surface area contributed by atoms with E-state index in [0.29, 0.717) is 0 Å². The zero-order valence-electron chi connectivity index (χ0n) is 13.7. The summed E-state index contributed by atoms with van der Waals surface area (Å²) < 4.78 is 7.46. The van der Waals surface area contributed by atoms with Crippen LogP contribution in [-0.4, -0.2) is 42.4 Å².